The number of hydrogen-bond donors (Lipinski definition) is 4. The van der Waals surface area contributed by atoms with Crippen LogP contribution in [0, 0.1) is 0 Å². The number of benzene rings is 1. The van der Waals surface area contributed by atoms with Crippen LogP contribution < -0.4 is 11.5 Å². The molecular formula is C17H13N5O4. The topological polar surface area (TPSA) is 165 Å². The second-order valence-electron chi connectivity index (χ2n) is 5.31. The first kappa shape index (κ1) is 16.8. The summed E-state index contributed by atoms with van der Waals surface area (Å²) in [5.41, 5.74) is 13.6. The molecule has 0 fully saturated rings. The fraction of sp³-hybridized carbons (Fsp3) is 0. The minimum Gasteiger partial charge on any atom is -0.478 e. The first-order chi connectivity index (χ1) is 12.4. The number of anilines is 2. The number of aromatic nitrogens is 3. The molecule has 2 heterocycles. The number of nitrogens with two attached hydrogens (primary N) is 2. The zero-order valence-electron chi connectivity index (χ0n) is 13.2. The van der Waals surface area contributed by atoms with Crippen LogP contribution in [0.25, 0.3) is 22.5 Å². The molecule has 0 aliphatic carbocycles. The maximum atomic E-state index is 10.9. The molecule has 0 radical (unpaired) electrons. The first-order valence-corrected chi connectivity index (χ1v) is 7.33. The van der Waals surface area contributed by atoms with Gasteiger partial charge in [0, 0.05) is 17.3 Å². The Hall–Kier alpha value is -4.01. The Morgan fingerprint density at radius 3 is 1.77 bits per heavy atom. The number of carbonyl (C=O) groups is 2. The summed E-state index contributed by atoms with van der Waals surface area (Å²) in [6, 6.07) is 8.82. The molecule has 9 nitrogen and oxygen atoms in total. The highest BCUT2D eigenvalue weighted by molar-refractivity contribution is 5.89. The van der Waals surface area contributed by atoms with E-state index in [-0.39, 0.29) is 28.6 Å². The third-order valence-corrected chi connectivity index (χ3v) is 3.61. The zero-order chi connectivity index (χ0) is 18.8. The second kappa shape index (κ2) is 6.48. The number of nitrogens with zero attached hydrogens (tertiary/aromatic N) is 3. The highest BCUT2D eigenvalue weighted by atomic mass is 16.4. The third kappa shape index (κ3) is 3.13. The molecule has 0 atom stereocenters. The summed E-state index contributed by atoms with van der Waals surface area (Å²) in [6.45, 7) is 0. The van der Waals surface area contributed by atoms with Gasteiger partial charge >= 0.3 is 11.9 Å². The normalized spacial score (nSPS) is 10.5. The fourth-order valence-corrected chi connectivity index (χ4v) is 2.32. The fourth-order valence-electron chi connectivity index (χ4n) is 2.32. The molecule has 0 saturated heterocycles. The van der Waals surface area contributed by atoms with E-state index in [4.69, 9.17) is 21.7 Å². The molecule has 0 aliphatic rings. The van der Waals surface area contributed by atoms with E-state index in [2.05, 4.69) is 15.0 Å². The molecule has 0 unspecified atom stereocenters. The lowest BCUT2D eigenvalue weighted by atomic mass is 10.1. The largest absolute Gasteiger partial charge is 0.478 e. The van der Waals surface area contributed by atoms with Crippen molar-refractivity contribution >= 4 is 23.6 Å². The summed E-state index contributed by atoms with van der Waals surface area (Å²) in [5.74, 6) is -2.00. The van der Waals surface area contributed by atoms with Crippen molar-refractivity contribution in [1.82, 2.24) is 15.0 Å². The number of carboxylic acid groups (broad SMARTS) is 2. The van der Waals surface area contributed by atoms with Crippen molar-refractivity contribution < 1.29 is 19.8 Å². The lowest BCUT2D eigenvalue weighted by Crippen LogP contribution is -2.06. The van der Waals surface area contributed by atoms with Crippen LogP contribution in [0.1, 0.15) is 20.8 Å². The van der Waals surface area contributed by atoms with E-state index in [1.165, 1.54) is 30.5 Å². The Morgan fingerprint density at radius 1 is 0.769 bits per heavy atom. The van der Waals surface area contributed by atoms with Crippen LogP contribution in [0.4, 0.5) is 11.6 Å². The molecule has 0 spiro atoms. The van der Waals surface area contributed by atoms with Gasteiger partial charge in [-0.3, -0.25) is 0 Å². The predicted octanol–water partition coefficient (Wildman–Crippen LogP) is 1.77. The van der Waals surface area contributed by atoms with Crippen molar-refractivity contribution in [2.24, 2.45) is 0 Å². The van der Waals surface area contributed by atoms with Crippen molar-refractivity contribution in [3.63, 3.8) is 0 Å². The van der Waals surface area contributed by atoms with Gasteiger partial charge in [0.1, 0.15) is 17.1 Å². The number of hydrogen-bond acceptors (Lipinski definition) is 7. The van der Waals surface area contributed by atoms with Crippen LogP contribution >= 0.6 is 0 Å². The van der Waals surface area contributed by atoms with Crippen molar-refractivity contribution in [3.05, 3.63) is 53.9 Å². The van der Waals surface area contributed by atoms with E-state index in [0.29, 0.717) is 16.8 Å². The number of pyridine rings is 1. The summed E-state index contributed by atoms with van der Waals surface area (Å²) >= 11 is 0. The maximum absolute atomic E-state index is 10.9. The van der Waals surface area contributed by atoms with Gasteiger partial charge in [-0.1, -0.05) is 12.1 Å². The van der Waals surface area contributed by atoms with Crippen LogP contribution in [0.2, 0.25) is 0 Å². The zero-order valence-corrected chi connectivity index (χ0v) is 13.2. The minimum absolute atomic E-state index is 0.0846. The Balaban J connectivity index is 2.00. The van der Waals surface area contributed by atoms with Crippen molar-refractivity contribution in [2.45, 2.75) is 0 Å². The van der Waals surface area contributed by atoms with Gasteiger partial charge in [-0.05, 0) is 24.3 Å². The number of rotatable bonds is 4. The molecule has 3 aromatic rings. The van der Waals surface area contributed by atoms with Gasteiger partial charge < -0.3 is 21.7 Å². The molecule has 3 rings (SSSR count). The second-order valence-corrected chi connectivity index (χ2v) is 5.31. The molecule has 0 saturated carbocycles. The summed E-state index contributed by atoms with van der Waals surface area (Å²) in [5, 5.41) is 17.8. The van der Waals surface area contributed by atoms with E-state index < -0.39 is 11.9 Å². The molecule has 26 heavy (non-hydrogen) atoms. The third-order valence-electron chi connectivity index (χ3n) is 3.61. The van der Waals surface area contributed by atoms with Crippen LogP contribution in [-0.2, 0) is 0 Å². The molecule has 6 N–H and O–H groups in total. The van der Waals surface area contributed by atoms with Crippen LogP contribution in [0.3, 0.4) is 0 Å². The van der Waals surface area contributed by atoms with E-state index in [1.54, 1.807) is 12.1 Å². The van der Waals surface area contributed by atoms with Gasteiger partial charge in [0.15, 0.2) is 11.6 Å². The van der Waals surface area contributed by atoms with E-state index in [1.807, 2.05) is 0 Å². The first-order valence-electron chi connectivity index (χ1n) is 7.33. The summed E-state index contributed by atoms with van der Waals surface area (Å²) in [4.78, 5) is 34.1. The minimum atomic E-state index is -1.14. The van der Waals surface area contributed by atoms with E-state index in [0.717, 1.165) is 0 Å². The Kier molecular flexibility index (Phi) is 4.19. The van der Waals surface area contributed by atoms with Gasteiger partial charge in [0.05, 0.1) is 5.56 Å². The highest BCUT2D eigenvalue weighted by Gasteiger charge is 2.15. The molecular weight excluding hydrogens is 338 g/mol. The van der Waals surface area contributed by atoms with E-state index >= 15 is 0 Å². The SMILES string of the molecule is Nc1nc(-c2ccc(C(=O)O)nc2)c(N)nc1-c1ccc(C(=O)O)cc1. The van der Waals surface area contributed by atoms with Crippen molar-refractivity contribution in [1.29, 1.82) is 0 Å². The Labute approximate surface area is 147 Å². The van der Waals surface area contributed by atoms with Crippen LogP contribution in [0.5, 0.6) is 0 Å². The summed E-state index contributed by atoms with van der Waals surface area (Å²) in [7, 11) is 0. The van der Waals surface area contributed by atoms with Crippen molar-refractivity contribution in [3.8, 4) is 22.5 Å². The molecule has 0 amide bonds. The Bertz CT molecular complexity index is 918. The van der Waals surface area contributed by atoms with Gasteiger partial charge in [-0.25, -0.2) is 24.5 Å². The molecule has 0 bridgehead atoms. The average Bonchev–Trinajstić information content (AvgIpc) is 2.63. The van der Waals surface area contributed by atoms with Gasteiger partial charge in [0.25, 0.3) is 0 Å². The molecule has 9 heteroatoms. The van der Waals surface area contributed by atoms with Crippen LogP contribution in [-0.4, -0.2) is 37.1 Å². The monoisotopic (exact) mass is 351 g/mol. The summed E-state index contributed by atoms with van der Waals surface area (Å²) < 4.78 is 0. The molecule has 2 aromatic heterocycles. The van der Waals surface area contributed by atoms with Gasteiger partial charge in [0.2, 0.25) is 0 Å². The number of carboxylic acids is 2. The van der Waals surface area contributed by atoms with E-state index in [9.17, 15) is 9.59 Å². The van der Waals surface area contributed by atoms with Gasteiger partial charge in [-0.2, -0.15) is 0 Å². The smallest absolute Gasteiger partial charge is 0.354 e. The standard InChI is InChI=1S/C17H13N5O4/c18-14-12(8-1-3-9(4-2-8)16(23)24)21-15(19)13(22-14)10-5-6-11(17(25)26)20-7-10/h1-7H,(H2,18,22)(H2,19,21)(H,23,24)(H,25,26). The number of aromatic carboxylic acids is 2. The van der Waals surface area contributed by atoms with Crippen LogP contribution in [0.15, 0.2) is 42.6 Å². The molecule has 130 valence electrons. The molecule has 1 aromatic carbocycles. The average molecular weight is 351 g/mol. The number of nitrogen functional groups attached to an aromatic ring is 2. The Morgan fingerprint density at radius 2 is 1.31 bits per heavy atom. The lowest BCUT2D eigenvalue weighted by Gasteiger charge is -2.10. The molecule has 0 aliphatic heterocycles. The highest BCUT2D eigenvalue weighted by Crippen LogP contribution is 2.29. The summed E-state index contributed by atoms with van der Waals surface area (Å²) in [6.07, 6.45) is 1.32. The lowest BCUT2D eigenvalue weighted by molar-refractivity contribution is 0.0682. The quantitative estimate of drug-likeness (QED) is 0.548. The predicted molar refractivity (Wildman–Crippen MR) is 93.4 cm³/mol. The maximum Gasteiger partial charge on any atom is 0.354 e. The van der Waals surface area contributed by atoms with Crippen molar-refractivity contribution in [2.75, 3.05) is 11.5 Å². The van der Waals surface area contributed by atoms with Gasteiger partial charge in [-0.15, -0.1) is 0 Å².